The van der Waals surface area contributed by atoms with E-state index in [1.807, 2.05) is 67.0 Å². The lowest BCUT2D eigenvalue weighted by Crippen LogP contribution is -2.26. The molecule has 0 N–H and O–H groups in total. The van der Waals surface area contributed by atoms with Crippen molar-refractivity contribution in [2.24, 2.45) is 0 Å². The van der Waals surface area contributed by atoms with Gasteiger partial charge in [0.05, 0.1) is 17.7 Å². The second-order valence-corrected chi connectivity index (χ2v) is 7.56. The summed E-state index contributed by atoms with van der Waals surface area (Å²) in [7, 11) is 1.81. The number of thiophene rings is 1. The van der Waals surface area contributed by atoms with Gasteiger partial charge in [-0.1, -0.05) is 42.1 Å². The van der Waals surface area contributed by atoms with Gasteiger partial charge < -0.3 is 4.90 Å². The molecule has 0 aliphatic rings. The lowest BCUT2D eigenvalue weighted by molar-refractivity contribution is 0.0783. The van der Waals surface area contributed by atoms with E-state index in [0.29, 0.717) is 17.7 Å². The number of carbonyl (C=O) groups is 1. The molecule has 3 nitrogen and oxygen atoms in total. The fourth-order valence-electron chi connectivity index (χ4n) is 2.41. The molecule has 3 aromatic rings. The number of nitriles is 1. The standard InChI is InChI=1S/C20H16N2OS2/c1-22(14-16-8-6-12-24-16)20(23)17-9-3-5-11-19(17)25-18-10-4-2-7-15(18)13-21/h2-12H,14H2,1H3. The van der Waals surface area contributed by atoms with Crippen LogP contribution in [-0.4, -0.2) is 17.9 Å². The largest absolute Gasteiger partial charge is 0.337 e. The predicted octanol–water partition coefficient (Wildman–Crippen LogP) is 5.04. The molecule has 0 bridgehead atoms. The third-order valence-electron chi connectivity index (χ3n) is 3.66. The molecule has 2 aromatic carbocycles. The minimum Gasteiger partial charge on any atom is -0.337 e. The van der Waals surface area contributed by atoms with Gasteiger partial charge in [-0.2, -0.15) is 5.26 Å². The Kier molecular flexibility index (Phi) is 5.54. The molecule has 1 amide bonds. The first-order chi connectivity index (χ1) is 12.2. The van der Waals surface area contributed by atoms with Gasteiger partial charge in [0.15, 0.2) is 0 Å². The Balaban J connectivity index is 1.85. The highest BCUT2D eigenvalue weighted by atomic mass is 32.2. The first-order valence-electron chi connectivity index (χ1n) is 7.73. The Bertz CT molecular complexity index is 913. The van der Waals surface area contributed by atoms with E-state index in [4.69, 9.17) is 0 Å². The van der Waals surface area contributed by atoms with Crippen LogP contribution in [0.1, 0.15) is 20.8 Å². The van der Waals surface area contributed by atoms with Crippen LogP contribution >= 0.6 is 23.1 Å². The summed E-state index contributed by atoms with van der Waals surface area (Å²) in [6, 6.07) is 21.2. The Hall–Kier alpha value is -2.55. The summed E-state index contributed by atoms with van der Waals surface area (Å²) in [6.07, 6.45) is 0. The van der Waals surface area contributed by atoms with Crippen molar-refractivity contribution < 1.29 is 4.79 Å². The van der Waals surface area contributed by atoms with Crippen molar-refractivity contribution in [2.45, 2.75) is 16.3 Å². The zero-order chi connectivity index (χ0) is 17.6. The molecule has 1 heterocycles. The molecule has 0 aliphatic heterocycles. The van der Waals surface area contributed by atoms with Gasteiger partial charge in [-0.05, 0) is 35.7 Å². The first-order valence-corrected chi connectivity index (χ1v) is 9.42. The Morgan fingerprint density at radius 1 is 1.08 bits per heavy atom. The van der Waals surface area contributed by atoms with Crippen LogP contribution in [0.4, 0.5) is 0 Å². The summed E-state index contributed by atoms with van der Waals surface area (Å²) < 4.78 is 0. The van der Waals surface area contributed by atoms with Gasteiger partial charge in [0.1, 0.15) is 6.07 Å². The van der Waals surface area contributed by atoms with Crippen LogP contribution < -0.4 is 0 Å². The van der Waals surface area contributed by atoms with Crippen LogP contribution in [0.15, 0.2) is 75.8 Å². The van der Waals surface area contributed by atoms with Gasteiger partial charge in [-0.15, -0.1) is 11.3 Å². The normalized spacial score (nSPS) is 10.2. The Morgan fingerprint density at radius 2 is 1.80 bits per heavy atom. The quantitative estimate of drug-likeness (QED) is 0.637. The fourth-order valence-corrected chi connectivity index (χ4v) is 4.19. The SMILES string of the molecule is CN(Cc1cccs1)C(=O)c1ccccc1Sc1ccccc1C#N. The number of hydrogen-bond donors (Lipinski definition) is 0. The number of hydrogen-bond acceptors (Lipinski definition) is 4. The number of benzene rings is 2. The number of nitrogens with zero attached hydrogens (tertiary/aromatic N) is 2. The average Bonchev–Trinajstić information content (AvgIpc) is 3.15. The maximum Gasteiger partial charge on any atom is 0.255 e. The Morgan fingerprint density at radius 3 is 2.52 bits per heavy atom. The van der Waals surface area contributed by atoms with Gasteiger partial charge in [0, 0.05) is 21.7 Å². The molecule has 0 atom stereocenters. The second kappa shape index (κ2) is 8.02. The van der Waals surface area contributed by atoms with Crippen molar-refractivity contribution in [1.29, 1.82) is 5.26 Å². The van der Waals surface area contributed by atoms with Crippen LogP contribution in [0.2, 0.25) is 0 Å². The van der Waals surface area contributed by atoms with Gasteiger partial charge in [0.25, 0.3) is 5.91 Å². The van der Waals surface area contributed by atoms with Gasteiger partial charge >= 0.3 is 0 Å². The first kappa shape index (κ1) is 17.3. The monoisotopic (exact) mass is 364 g/mol. The molecule has 124 valence electrons. The van der Waals surface area contributed by atoms with Crippen molar-refractivity contribution in [3.05, 3.63) is 82.0 Å². The van der Waals surface area contributed by atoms with E-state index in [0.717, 1.165) is 14.7 Å². The molecular weight excluding hydrogens is 348 g/mol. The highest BCUT2D eigenvalue weighted by Crippen LogP contribution is 2.33. The minimum atomic E-state index is -0.0223. The zero-order valence-corrected chi connectivity index (χ0v) is 15.3. The Labute approximate surface area is 155 Å². The molecule has 0 radical (unpaired) electrons. The maximum atomic E-state index is 12.9. The van der Waals surface area contributed by atoms with E-state index >= 15 is 0 Å². The average molecular weight is 364 g/mol. The van der Waals surface area contributed by atoms with E-state index in [9.17, 15) is 10.1 Å². The van der Waals surface area contributed by atoms with Crippen LogP contribution in [0, 0.1) is 11.3 Å². The maximum absolute atomic E-state index is 12.9. The molecule has 3 rings (SSSR count). The minimum absolute atomic E-state index is 0.0223. The van der Waals surface area contributed by atoms with Crippen LogP contribution in [-0.2, 0) is 6.54 Å². The summed E-state index contributed by atoms with van der Waals surface area (Å²) in [5, 5.41) is 11.3. The highest BCUT2D eigenvalue weighted by Gasteiger charge is 2.17. The molecule has 0 fully saturated rings. The summed E-state index contributed by atoms with van der Waals surface area (Å²) in [5.74, 6) is -0.0223. The molecule has 25 heavy (non-hydrogen) atoms. The van der Waals surface area contributed by atoms with Crippen molar-refractivity contribution in [3.63, 3.8) is 0 Å². The number of rotatable bonds is 5. The third kappa shape index (κ3) is 4.11. The molecule has 1 aromatic heterocycles. The zero-order valence-electron chi connectivity index (χ0n) is 13.7. The van der Waals surface area contributed by atoms with E-state index in [-0.39, 0.29) is 5.91 Å². The molecule has 0 aliphatic carbocycles. The molecule has 0 saturated carbocycles. The topological polar surface area (TPSA) is 44.1 Å². The highest BCUT2D eigenvalue weighted by molar-refractivity contribution is 7.99. The van der Waals surface area contributed by atoms with Crippen molar-refractivity contribution in [3.8, 4) is 6.07 Å². The van der Waals surface area contributed by atoms with Crippen LogP contribution in [0.25, 0.3) is 0 Å². The molecule has 5 heteroatoms. The summed E-state index contributed by atoms with van der Waals surface area (Å²) in [4.78, 5) is 17.5. The predicted molar refractivity (Wildman–Crippen MR) is 102 cm³/mol. The van der Waals surface area contributed by atoms with Gasteiger partial charge in [-0.3, -0.25) is 4.79 Å². The van der Waals surface area contributed by atoms with Gasteiger partial charge in [-0.25, -0.2) is 0 Å². The second-order valence-electron chi connectivity index (χ2n) is 5.45. The fraction of sp³-hybridized carbons (Fsp3) is 0.100. The van der Waals surface area contributed by atoms with Gasteiger partial charge in [0.2, 0.25) is 0 Å². The molecule has 0 unspecified atom stereocenters. The lowest BCUT2D eigenvalue weighted by Gasteiger charge is -2.18. The summed E-state index contributed by atoms with van der Waals surface area (Å²) in [5.41, 5.74) is 1.26. The van der Waals surface area contributed by atoms with Crippen molar-refractivity contribution in [2.75, 3.05) is 7.05 Å². The van der Waals surface area contributed by atoms with E-state index < -0.39 is 0 Å². The smallest absolute Gasteiger partial charge is 0.255 e. The third-order valence-corrected chi connectivity index (χ3v) is 5.68. The number of carbonyl (C=O) groups excluding carboxylic acids is 1. The molecule has 0 spiro atoms. The van der Waals surface area contributed by atoms with Crippen LogP contribution in [0.3, 0.4) is 0 Å². The summed E-state index contributed by atoms with van der Waals surface area (Å²) in [6.45, 7) is 0.588. The van der Waals surface area contributed by atoms with E-state index in [2.05, 4.69) is 6.07 Å². The molecular formula is C20H16N2OS2. The summed E-state index contributed by atoms with van der Waals surface area (Å²) >= 11 is 3.09. The van der Waals surface area contributed by atoms with Crippen LogP contribution in [0.5, 0.6) is 0 Å². The lowest BCUT2D eigenvalue weighted by atomic mass is 10.2. The van der Waals surface area contributed by atoms with E-state index in [1.54, 1.807) is 22.3 Å². The van der Waals surface area contributed by atoms with E-state index in [1.165, 1.54) is 11.8 Å². The number of amides is 1. The van der Waals surface area contributed by atoms with Crippen molar-refractivity contribution in [1.82, 2.24) is 4.90 Å². The molecule has 0 saturated heterocycles. The van der Waals surface area contributed by atoms with Crippen molar-refractivity contribution >= 4 is 29.0 Å².